The zero-order valence-corrected chi connectivity index (χ0v) is 12.5. The molecule has 0 saturated carbocycles. The number of piperidine rings is 1. The number of likely N-dealkylation sites (tertiary alicyclic amines) is 1. The Morgan fingerprint density at radius 3 is 3.05 bits per heavy atom. The monoisotopic (exact) mass is 287 g/mol. The summed E-state index contributed by atoms with van der Waals surface area (Å²) < 4.78 is 2.01. The van der Waals surface area contributed by atoms with Crippen molar-refractivity contribution in [3.05, 3.63) is 35.8 Å². The Bertz CT molecular complexity index is 665. The van der Waals surface area contributed by atoms with Crippen LogP contribution in [0.15, 0.2) is 24.5 Å². The zero-order chi connectivity index (χ0) is 15.0. The van der Waals surface area contributed by atoms with E-state index in [9.17, 15) is 9.90 Å². The lowest BCUT2D eigenvalue weighted by molar-refractivity contribution is -0.147. The highest BCUT2D eigenvalue weighted by atomic mass is 16.4. The average Bonchev–Trinajstić information content (AvgIpc) is 2.82. The second-order valence-electron chi connectivity index (χ2n) is 6.03. The molecule has 0 bridgehead atoms. The number of pyridine rings is 1. The third-order valence-corrected chi connectivity index (χ3v) is 4.38. The molecule has 1 aliphatic heterocycles. The van der Waals surface area contributed by atoms with Crippen molar-refractivity contribution in [3.63, 3.8) is 0 Å². The predicted molar refractivity (Wildman–Crippen MR) is 80.2 cm³/mol. The summed E-state index contributed by atoms with van der Waals surface area (Å²) in [6, 6.07) is 3.64. The Labute approximate surface area is 124 Å². The Balaban J connectivity index is 1.86. The van der Waals surface area contributed by atoms with Crippen molar-refractivity contribution in [1.29, 1.82) is 0 Å². The molecule has 5 heteroatoms. The molecule has 0 radical (unpaired) electrons. The third-order valence-electron chi connectivity index (χ3n) is 4.38. The molecule has 1 fully saturated rings. The van der Waals surface area contributed by atoms with Gasteiger partial charge in [-0.15, -0.1) is 0 Å². The summed E-state index contributed by atoms with van der Waals surface area (Å²) in [4.78, 5) is 18.2. The van der Waals surface area contributed by atoms with Crippen LogP contribution in [0.2, 0.25) is 0 Å². The summed E-state index contributed by atoms with van der Waals surface area (Å²) in [6.07, 6.45) is 6.02. The van der Waals surface area contributed by atoms with E-state index in [1.807, 2.05) is 47.7 Å². The molecule has 112 valence electrons. The molecule has 0 spiro atoms. The molecular weight excluding hydrogens is 266 g/mol. The molecule has 1 aliphatic rings. The maximum absolute atomic E-state index is 11.5. The summed E-state index contributed by atoms with van der Waals surface area (Å²) in [7, 11) is 0. The van der Waals surface area contributed by atoms with Crippen molar-refractivity contribution in [3.8, 4) is 0 Å². The molecule has 21 heavy (non-hydrogen) atoms. The van der Waals surface area contributed by atoms with Crippen LogP contribution in [0.5, 0.6) is 0 Å². The number of rotatable bonds is 3. The molecule has 1 N–H and O–H groups in total. The van der Waals surface area contributed by atoms with Gasteiger partial charge in [0.2, 0.25) is 0 Å². The number of aryl methyl sites for hydroxylation is 1. The number of hydrogen-bond donors (Lipinski definition) is 1. The van der Waals surface area contributed by atoms with E-state index in [0.29, 0.717) is 6.54 Å². The molecule has 0 amide bonds. The quantitative estimate of drug-likeness (QED) is 0.941. The molecule has 2 aromatic heterocycles. The average molecular weight is 287 g/mol. The molecule has 0 aromatic carbocycles. The predicted octanol–water partition coefficient (Wildman–Crippen LogP) is 2.33. The van der Waals surface area contributed by atoms with Crippen LogP contribution in [-0.2, 0) is 11.3 Å². The van der Waals surface area contributed by atoms with Gasteiger partial charge in [-0.2, -0.15) is 0 Å². The van der Waals surface area contributed by atoms with Crippen molar-refractivity contribution in [2.75, 3.05) is 6.54 Å². The van der Waals surface area contributed by atoms with Crippen LogP contribution in [0, 0.1) is 12.8 Å². The van der Waals surface area contributed by atoms with Crippen molar-refractivity contribution < 1.29 is 9.90 Å². The van der Waals surface area contributed by atoms with Gasteiger partial charge in [-0.1, -0.05) is 13.0 Å². The molecule has 2 aromatic rings. The first-order valence-corrected chi connectivity index (χ1v) is 7.46. The minimum atomic E-state index is -0.720. The first kappa shape index (κ1) is 14.1. The van der Waals surface area contributed by atoms with E-state index >= 15 is 0 Å². The van der Waals surface area contributed by atoms with Gasteiger partial charge in [-0.05, 0) is 43.9 Å². The van der Waals surface area contributed by atoms with Crippen molar-refractivity contribution in [2.45, 2.75) is 39.3 Å². The highest BCUT2D eigenvalue weighted by molar-refractivity contribution is 5.74. The van der Waals surface area contributed by atoms with Gasteiger partial charge in [0.05, 0.1) is 5.69 Å². The Morgan fingerprint density at radius 1 is 1.52 bits per heavy atom. The molecular formula is C16H21N3O2. The van der Waals surface area contributed by atoms with E-state index in [4.69, 9.17) is 0 Å². The third kappa shape index (κ3) is 2.65. The van der Waals surface area contributed by atoms with Gasteiger partial charge >= 0.3 is 5.97 Å². The number of fused-ring (bicyclic) bond motifs is 1. The standard InChI is InChI=1S/C16H21N3O2/c1-11-5-3-7-18(14(11)16(20)21)9-13-10-19-8-4-6-12(2)15(19)17-13/h4,6,8,10-11,14H,3,5,7,9H2,1-2H3,(H,20,21). The number of aromatic nitrogens is 2. The van der Waals surface area contributed by atoms with Crippen LogP contribution in [0.4, 0.5) is 0 Å². The molecule has 3 rings (SSSR count). The van der Waals surface area contributed by atoms with Crippen LogP contribution in [0.1, 0.15) is 31.0 Å². The summed E-state index contributed by atoms with van der Waals surface area (Å²) in [5.41, 5.74) is 3.01. The van der Waals surface area contributed by atoms with Crippen LogP contribution < -0.4 is 0 Å². The van der Waals surface area contributed by atoms with Crippen molar-refractivity contribution >= 4 is 11.6 Å². The molecule has 2 atom stereocenters. The smallest absolute Gasteiger partial charge is 0.321 e. The van der Waals surface area contributed by atoms with Gasteiger partial charge in [0.25, 0.3) is 0 Å². The number of hydrogen-bond acceptors (Lipinski definition) is 3. The Kier molecular flexibility index (Phi) is 3.68. The van der Waals surface area contributed by atoms with E-state index in [0.717, 1.165) is 36.3 Å². The summed E-state index contributed by atoms with van der Waals surface area (Å²) in [5.74, 6) is -0.530. The highest BCUT2D eigenvalue weighted by Crippen LogP contribution is 2.25. The SMILES string of the molecule is Cc1cccn2cc(CN3CCCC(C)C3C(=O)O)nc12. The van der Waals surface area contributed by atoms with Gasteiger partial charge < -0.3 is 9.51 Å². The van der Waals surface area contributed by atoms with E-state index in [1.54, 1.807) is 0 Å². The number of carboxylic acids is 1. The van der Waals surface area contributed by atoms with Gasteiger partial charge in [-0.3, -0.25) is 9.69 Å². The first-order chi connectivity index (χ1) is 10.1. The van der Waals surface area contributed by atoms with Gasteiger partial charge in [-0.25, -0.2) is 4.98 Å². The second kappa shape index (κ2) is 5.48. The summed E-state index contributed by atoms with van der Waals surface area (Å²) >= 11 is 0. The van der Waals surface area contributed by atoms with Crippen LogP contribution >= 0.6 is 0 Å². The molecule has 3 heterocycles. The Hall–Kier alpha value is -1.88. The van der Waals surface area contributed by atoms with Gasteiger partial charge in [0.15, 0.2) is 0 Å². The maximum atomic E-state index is 11.5. The summed E-state index contributed by atoms with van der Waals surface area (Å²) in [6.45, 7) is 5.49. The fraction of sp³-hybridized carbons (Fsp3) is 0.500. The lowest BCUT2D eigenvalue weighted by Crippen LogP contribution is -2.48. The fourth-order valence-electron chi connectivity index (χ4n) is 3.34. The summed E-state index contributed by atoms with van der Waals surface area (Å²) in [5, 5.41) is 9.47. The molecule has 5 nitrogen and oxygen atoms in total. The number of aliphatic carboxylic acids is 1. The number of carboxylic acid groups (broad SMARTS) is 1. The topological polar surface area (TPSA) is 57.8 Å². The fourth-order valence-corrected chi connectivity index (χ4v) is 3.34. The van der Waals surface area contributed by atoms with Crippen LogP contribution in [-0.4, -0.2) is 37.9 Å². The lowest BCUT2D eigenvalue weighted by Gasteiger charge is -2.36. The zero-order valence-electron chi connectivity index (χ0n) is 12.5. The minimum absolute atomic E-state index is 0.190. The van der Waals surface area contributed by atoms with Gasteiger partial charge in [0.1, 0.15) is 11.7 Å². The normalized spacial score (nSPS) is 23.5. The molecule has 1 saturated heterocycles. The van der Waals surface area contributed by atoms with E-state index < -0.39 is 12.0 Å². The van der Waals surface area contributed by atoms with E-state index in [1.165, 1.54) is 0 Å². The first-order valence-electron chi connectivity index (χ1n) is 7.46. The highest BCUT2D eigenvalue weighted by Gasteiger charge is 2.34. The number of imidazole rings is 1. The van der Waals surface area contributed by atoms with E-state index in [-0.39, 0.29) is 5.92 Å². The van der Waals surface area contributed by atoms with E-state index in [2.05, 4.69) is 4.98 Å². The molecule has 0 aliphatic carbocycles. The van der Waals surface area contributed by atoms with Gasteiger partial charge in [0, 0.05) is 18.9 Å². The number of carbonyl (C=O) groups is 1. The molecule has 2 unspecified atom stereocenters. The largest absolute Gasteiger partial charge is 0.480 e. The number of nitrogens with zero attached hydrogens (tertiary/aromatic N) is 3. The van der Waals surface area contributed by atoms with Crippen molar-refractivity contribution in [2.24, 2.45) is 5.92 Å². The lowest BCUT2D eigenvalue weighted by atomic mass is 9.91. The minimum Gasteiger partial charge on any atom is -0.480 e. The second-order valence-corrected chi connectivity index (χ2v) is 6.03. The van der Waals surface area contributed by atoms with Crippen molar-refractivity contribution in [1.82, 2.24) is 14.3 Å². The maximum Gasteiger partial charge on any atom is 0.321 e. The van der Waals surface area contributed by atoms with Crippen LogP contribution in [0.25, 0.3) is 5.65 Å². The van der Waals surface area contributed by atoms with Crippen LogP contribution in [0.3, 0.4) is 0 Å². The Morgan fingerprint density at radius 2 is 2.33 bits per heavy atom.